The van der Waals surface area contributed by atoms with Crippen LogP contribution in [0.2, 0.25) is 5.02 Å². The fourth-order valence-electron chi connectivity index (χ4n) is 2.40. The molecule has 0 bridgehead atoms. The number of quaternary nitrogens is 1. The third kappa shape index (κ3) is 3.98. The van der Waals surface area contributed by atoms with Crippen LogP contribution in [0.25, 0.3) is 0 Å². The van der Waals surface area contributed by atoms with Crippen LogP contribution in [-0.2, 0) is 14.8 Å². The van der Waals surface area contributed by atoms with Crippen molar-refractivity contribution in [1.29, 1.82) is 0 Å². The summed E-state index contributed by atoms with van der Waals surface area (Å²) in [7, 11) is -1.76. The lowest BCUT2D eigenvalue weighted by molar-refractivity contribution is -0.615. The van der Waals surface area contributed by atoms with E-state index in [0.717, 1.165) is 19.3 Å². The molecular formula is C14H21ClN3O3S+. The van der Waals surface area contributed by atoms with E-state index in [4.69, 9.17) is 11.6 Å². The summed E-state index contributed by atoms with van der Waals surface area (Å²) < 4.78 is 26.7. The van der Waals surface area contributed by atoms with Crippen LogP contribution in [0.3, 0.4) is 0 Å². The zero-order chi connectivity index (χ0) is 16.2. The Morgan fingerprint density at radius 1 is 1.32 bits per heavy atom. The number of sulfonamides is 1. The summed E-state index contributed by atoms with van der Waals surface area (Å²) in [5, 5.41) is 4.68. The van der Waals surface area contributed by atoms with Gasteiger partial charge in [0.2, 0.25) is 10.0 Å². The van der Waals surface area contributed by atoms with Gasteiger partial charge in [-0.2, -0.15) is 4.31 Å². The first-order valence-corrected chi connectivity index (χ1v) is 9.14. The van der Waals surface area contributed by atoms with Gasteiger partial charge >= 0.3 is 0 Å². The Hall–Kier alpha value is -1.15. The maximum Gasteiger partial charge on any atom is 0.279 e. The van der Waals surface area contributed by atoms with Gasteiger partial charge < -0.3 is 10.6 Å². The standard InChI is InChI=1S/C14H20ClN3O3S/c1-16-10-14(19)17-13-9-11(5-6-12(13)15)22(20,21)18-7-3-2-4-8-18/h5-6,9,16H,2-4,7-8,10H2,1H3,(H,17,19)/p+1. The molecule has 0 aliphatic carbocycles. The molecule has 0 aromatic heterocycles. The van der Waals surface area contributed by atoms with Crippen molar-refractivity contribution in [2.24, 2.45) is 0 Å². The van der Waals surface area contributed by atoms with Crippen LogP contribution in [-0.4, -0.2) is 45.3 Å². The monoisotopic (exact) mass is 346 g/mol. The first-order valence-electron chi connectivity index (χ1n) is 7.32. The molecule has 1 aromatic rings. The highest BCUT2D eigenvalue weighted by atomic mass is 35.5. The predicted molar refractivity (Wildman–Crippen MR) is 85.4 cm³/mol. The Kier molecular flexibility index (Phi) is 5.80. The van der Waals surface area contributed by atoms with Gasteiger partial charge in [-0.1, -0.05) is 18.0 Å². The van der Waals surface area contributed by atoms with E-state index in [0.29, 0.717) is 23.8 Å². The molecule has 0 spiro atoms. The van der Waals surface area contributed by atoms with Crippen molar-refractivity contribution in [3.63, 3.8) is 0 Å². The molecule has 6 nitrogen and oxygen atoms in total. The molecule has 0 saturated carbocycles. The molecule has 1 aromatic carbocycles. The van der Waals surface area contributed by atoms with Crippen LogP contribution in [0.15, 0.2) is 23.1 Å². The molecule has 1 aliphatic rings. The number of amides is 1. The smallest absolute Gasteiger partial charge is 0.279 e. The second kappa shape index (κ2) is 7.41. The van der Waals surface area contributed by atoms with Gasteiger partial charge in [0.05, 0.1) is 22.7 Å². The van der Waals surface area contributed by atoms with Crippen molar-refractivity contribution in [3.8, 4) is 0 Å². The van der Waals surface area contributed by atoms with Gasteiger partial charge in [0, 0.05) is 13.1 Å². The van der Waals surface area contributed by atoms with Gasteiger partial charge in [0.15, 0.2) is 6.54 Å². The average Bonchev–Trinajstić information content (AvgIpc) is 2.50. The number of anilines is 1. The summed E-state index contributed by atoms with van der Waals surface area (Å²) in [6, 6.07) is 4.41. The van der Waals surface area contributed by atoms with Crippen LogP contribution in [0.5, 0.6) is 0 Å². The van der Waals surface area contributed by atoms with Gasteiger partial charge in [0.25, 0.3) is 5.91 Å². The van der Waals surface area contributed by atoms with E-state index in [1.54, 1.807) is 12.4 Å². The van der Waals surface area contributed by atoms with Crippen molar-refractivity contribution in [1.82, 2.24) is 4.31 Å². The largest absolute Gasteiger partial charge is 0.341 e. The summed E-state index contributed by atoms with van der Waals surface area (Å²) in [6.07, 6.45) is 2.81. The number of rotatable bonds is 5. The number of piperidine rings is 1. The second-order valence-corrected chi connectivity index (χ2v) is 7.61. The Balaban J connectivity index is 2.26. The van der Waals surface area contributed by atoms with E-state index >= 15 is 0 Å². The lowest BCUT2D eigenvalue weighted by atomic mass is 10.2. The Bertz CT molecular complexity index is 643. The minimum absolute atomic E-state index is 0.162. The third-order valence-corrected chi connectivity index (χ3v) is 5.78. The molecule has 1 aliphatic heterocycles. The molecule has 122 valence electrons. The highest BCUT2D eigenvalue weighted by Gasteiger charge is 2.26. The van der Waals surface area contributed by atoms with Gasteiger partial charge in [-0.3, -0.25) is 4.79 Å². The summed E-state index contributed by atoms with van der Waals surface area (Å²) in [6.45, 7) is 1.33. The number of carbonyl (C=O) groups excluding carboxylic acids is 1. The maximum atomic E-state index is 12.6. The van der Waals surface area contributed by atoms with E-state index in [9.17, 15) is 13.2 Å². The lowest BCUT2D eigenvalue weighted by Gasteiger charge is -2.26. The SMILES string of the molecule is C[NH2+]CC(=O)Nc1cc(S(=O)(=O)N2CCCCC2)ccc1Cl. The van der Waals surface area contributed by atoms with Crippen LogP contribution in [0.1, 0.15) is 19.3 Å². The lowest BCUT2D eigenvalue weighted by Crippen LogP contribution is -2.82. The Morgan fingerprint density at radius 3 is 2.64 bits per heavy atom. The highest BCUT2D eigenvalue weighted by Crippen LogP contribution is 2.28. The van der Waals surface area contributed by atoms with Crippen molar-refractivity contribution in [2.75, 3.05) is 32.0 Å². The first kappa shape index (κ1) is 17.2. The van der Waals surface area contributed by atoms with Gasteiger partial charge in [0.1, 0.15) is 0 Å². The normalized spacial score (nSPS) is 16.5. The van der Waals surface area contributed by atoms with Crippen LogP contribution < -0.4 is 10.6 Å². The fraction of sp³-hybridized carbons (Fsp3) is 0.500. The summed E-state index contributed by atoms with van der Waals surface area (Å²) in [4.78, 5) is 11.8. The molecule has 0 unspecified atom stereocenters. The topological polar surface area (TPSA) is 83.1 Å². The maximum absolute atomic E-state index is 12.6. The quantitative estimate of drug-likeness (QED) is 0.821. The second-order valence-electron chi connectivity index (χ2n) is 5.27. The molecule has 3 N–H and O–H groups in total. The van der Waals surface area contributed by atoms with Crippen molar-refractivity contribution >= 4 is 33.2 Å². The molecule has 8 heteroatoms. The first-order chi connectivity index (χ1) is 10.4. The molecular weight excluding hydrogens is 326 g/mol. The van der Waals surface area contributed by atoms with E-state index in [1.165, 1.54) is 22.5 Å². The molecule has 1 amide bonds. The number of benzene rings is 1. The molecule has 1 fully saturated rings. The van der Waals surface area contributed by atoms with E-state index < -0.39 is 10.0 Å². The molecule has 0 radical (unpaired) electrons. The average molecular weight is 347 g/mol. The van der Waals surface area contributed by atoms with Crippen molar-refractivity contribution in [2.45, 2.75) is 24.2 Å². The minimum Gasteiger partial charge on any atom is -0.341 e. The third-order valence-electron chi connectivity index (χ3n) is 3.55. The van der Waals surface area contributed by atoms with Gasteiger partial charge in [-0.25, -0.2) is 8.42 Å². The summed E-state index contributed by atoms with van der Waals surface area (Å²) in [5.41, 5.74) is 0.326. The number of hydrogen-bond donors (Lipinski definition) is 2. The van der Waals surface area contributed by atoms with E-state index in [-0.39, 0.29) is 17.3 Å². The predicted octanol–water partition coefficient (Wildman–Crippen LogP) is 0.646. The Morgan fingerprint density at radius 2 is 2.00 bits per heavy atom. The number of hydrogen-bond acceptors (Lipinski definition) is 3. The van der Waals surface area contributed by atoms with E-state index in [2.05, 4.69) is 5.32 Å². The van der Waals surface area contributed by atoms with Crippen LogP contribution >= 0.6 is 11.6 Å². The van der Waals surface area contributed by atoms with Crippen molar-refractivity contribution in [3.05, 3.63) is 23.2 Å². The molecule has 1 saturated heterocycles. The highest BCUT2D eigenvalue weighted by molar-refractivity contribution is 7.89. The number of likely N-dealkylation sites (N-methyl/N-ethyl adjacent to an activating group) is 1. The number of nitrogens with zero attached hydrogens (tertiary/aromatic N) is 1. The van der Waals surface area contributed by atoms with Gasteiger partial charge in [-0.15, -0.1) is 0 Å². The van der Waals surface area contributed by atoms with Gasteiger partial charge in [-0.05, 0) is 31.0 Å². The van der Waals surface area contributed by atoms with Crippen molar-refractivity contribution < 1.29 is 18.5 Å². The molecule has 2 rings (SSSR count). The number of halogens is 1. The number of nitrogens with one attached hydrogen (secondary N) is 1. The van der Waals surface area contributed by atoms with Crippen LogP contribution in [0.4, 0.5) is 5.69 Å². The molecule has 22 heavy (non-hydrogen) atoms. The van der Waals surface area contributed by atoms with E-state index in [1.807, 2.05) is 0 Å². The van der Waals surface area contributed by atoms with Crippen LogP contribution in [0, 0.1) is 0 Å². The summed E-state index contributed by atoms with van der Waals surface area (Å²) >= 11 is 6.04. The minimum atomic E-state index is -3.53. The zero-order valence-corrected chi connectivity index (χ0v) is 14.1. The molecule has 1 heterocycles. The Labute approximate surface area is 135 Å². The fourth-order valence-corrected chi connectivity index (χ4v) is 4.11. The number of carbonyl (C=O) groups is 1. The molecule has 0 atom stereocenters. The zero-order valence-electron chi connectivity index (χ0n) is 12.5. The summed E-state index contributed by atoms with van der Waals surface area (Å²) in [5.74, 6) is -0.225. The number of nitrogens with two attached hydrogens (primary N) is 1.